The van der Waals surface area contributed by atoms with Gasteiger partial charge < -0.3 is 46.0 Å². The first-order chi connectivity index (χ1) is 42.5. The molecule has 0 saturated carbocycles. The number of esters is 1. The van der Waals surface area contributed by atoms with Gasteiger partial charge in [0.1, 0.15) is 70.4 Å². The van der Waals surface area contributed by atoms with Gasteiger partial charge in [-0.25, -0.2) is 15.0 Å². The second-order valence-corrected chi connectivity index (χ2v) is 24.0. The molecule has 24 nitrogen and oxygen atoms in total. The van der Waals surface area contributed by atoms with Gasteiger partial charge in [0.05, 0.1) is 31.1 Å². The van der Waals surface area contributed by atoms with Crippen molar-refractivity contribution in [2.24, 2.45) is 0 Å². The zero-order valence-electron chi connectivity index (χ0n) is 48.3. The van der Waals surface area contributed by atoms with Gasteiger partial charge in [-0.15, -0.1) is 0 Å². The number of carbonyl (C=O) groups is 6. The molecule has 90 heavy (non-hydrogen) atoms. The highest BCUT2D eigenvalue weighted by molar-refractivity contribution is 9.10. The van der Waals surface area contributed by atoms with Crippen molar-refractivity contribution in [1.82, 2.24) is 49.5 Å². The van der Waals surface area contributed by atoms with Crippen molar-refractivity contribution < 1.29 is 53.9 Å². The Morgan fingerprint density at radius 2 is 0.900 bits per heavy atom. The number of benzene rings is 3. The highest BCUT2D eigenvalue weighted by atomic mass is 79.9. The molecular weight excluding hydrogens is 1300 g/mol. The molecule has 28 heteroatoms. The molecule has 0 aliphatic carbocycles. The first-order valence-electron chi connectivity index (χ1n) is 27.2. The first kappa shape index (κ1) is 66.4. The number of fused-ring (bicyclic) bond motifs is 3. The van der Waals surface area contributed by atoms with E-state index in [4.69, 9.17) is 44.6 Å². The number of carboxylic acids is 1. The molecule has 466 valence electrons. The number of nitrogens with one attached hydrogen (secondary N) is 3. The zero-order chi connectivity index (χ0) is 65.4. The number of nitrogens with zero attached hydrogens (tertiary/aromatic N) is 7. The van der Waals surface area contributed by atoms with Crippen LogP contribution in [0.3, 0.4) is 0 Å². The number of carboxylic acid groups (broad SMARTS) is 1. The Morgan fingerprint density at radius 1 is 0.556 bits per heavy atom. The number of ether oxygens (including phenoxy) is 1. The summed E-state index contributed by atoms with van der Waals surface area (Å²) in [6, 6.07) is 29.2. The van der Waals surface area contributed by atoms with Crippen LogP contribution in [-0.2, 0) is 58.4 Å². The fourth-order valence-electron chi connectivity index (χ4n) is 9.14. The van der Waals surface area contributed by atoms with Crippen molar-refractivity contribution in [3.8, 4) is 11.5 Å². The predicted molar refractivity (Wildman–Crippen MR) is 338 cm³/mol. The number of amides is 4. The van der Waals surface area contributed by atoms with Crippen LogP contribution in [0.5, 0.6) is 11.5 Å². The molecule has 7 N–H and O–H groups in total. The lowest BCUT2D eigenvalue weighted by Crippen LogP contribution is -2.62. The molecule has 4 amide bonds. The van der Waals surface area contributed by atoms with Crippen LogP contribution in [0.2, 0.25) is 15.1 Å². The minimum Gasteiger partial charge on any atom is -0.506 e. The molecule has 9 aromatic rings. The number of aromatic nitrogens is 6. The van der Waals surface area contributed by atoms with Gasteiger partial charge in [-0.1, -0.05) is 71.2 Å². The minimum atomic E-state index is -1.26. The van der Waals surface area contributed by atoms with Crippen LogP contribution in [-0.4, -0.2) is 114 Å². The van der Waals surface area contributed by atoms with E-state index in [1.165, 1.54) is 41.4 Å². The van der Waals surface area contributed by atoms with Gasteiger partial charge in [-0.3, -0.25) is 56.9 Å². The molecule has 1 aliphatic heterocycles. The van der Waals surface area contributed by atoms with Gasteiger partial charge in [0.15, 0.2) is 0 Å². The number of aliphatic hydroxyl groups is 1. The lowest BCUT2D eigenvalue weighted by molar-refractivity contribution is -0.155. The number of halogens is 4. The standard InChI is InChI=1S/C22H21BrClN3O4.C22H21ClN4O5.C18H14ClN3O5/c1-22(2,3)31-18(28)12-27-19-14(8-15(23)11-25-19)9-17(21(27)30)20(29)26-10-13-4-6-16(24)7-5-13;1-22(32)11-26(12-22)18(29)10-27-19-14(6-16(28)9-24-19)7-17(21(27)31)20(30)25-8-13-2-4-15(23)5-3-13;19-12-3-1-10(2-4-12)7-21-17(26)14-6-11-5-13(23)8-20-16(11)22(18(14)27)9-15(24)25/h4-9,11H,10,12H2,1-3H3,(H,26,29);2-7,9,28,32H,8,10-12H2,1H3,(H,25,30);1-6,8,23H,7,9H2,(H,21,26)(H,24,25). The van der Waals surface area contributed by atoms with Gasteiger partial charge in [-0.05, 0) is 133 Å². The zero-order valence-corrected chi connectivity index (χ0v) is 52.1. The van der Waals surface area contributed by atoms with Crippen LogP contribution in [0.15, 0.2) is 147 Å². The summed E-state index contributed by atoms with van der Waals surface area (Å²) in [5.41, 5.74) is -1.33. The number of carbonyl (C=O) groups excluding carboxylic acids is 5. The fraction of sp³-hybridized carbons (Fsp3) is 0.226. The number of likely N-dealkylation sites (tertiary alicyclic amines) is 1. The topological polar surface area (TPSA) is 337 Å². The number of β-amino-alcohol motifs (C(OH)–C–C–N with tert-alkyl or cyclic N) is 1. The second-order valence-electron chi connectivity index (χ2n) is 21.8. The van der Waals surface area contributed by atoms with E-state index >= 15 is 0 Å². The largest absolute Gasteiger partial charge is 0.506 e. The molecule has 1 saturated heterocycles. The summed E-state index contributed by atoms with van der Waals surface area (Å²) in [4.78, 5) is 127. The molecule has 1 aliphatic rings. The lowest BCUT2D eigenvalue weighted by atomic mass is 9.97. The number of aliphatic carboxylic acids is 1. The van der Waals surface area contributed by atoms with Gasteiger partial charge in [0.2, 0.25) is 5.91 Å². The van der Waals surface area contributed by atoms with Crippen LogP contribution < -0.4 is 32.6 Å². The summed E-state index contributed by atoms with van der Waals surface area (Å²) in [6.07, 6.45) is 3.78. The highest BCUT2D eigenvalue weighted by Gasteiger charge is 2.39. The Kier molecular flexibility index (Phi) is 20.9. The number of pyridine rings is 6. The summed E-state index contributed by atoms with van der Waals surface area (Å²) < 4.78 is 9.17. The summed E-state index contributed by atoms with van der Waals surface area (Å²) in [5, 5.41) is 49.2. The van der Waals surface area contributed by atoms with E-state index in [0.29, 0.717) is 30.3 Å². The Hall–Kier alpha value is -9.53. The molecule has 6 aromatic heterocycles. The Balaban J connectivity index is 0.000000175. The highest BCUT2D eigenvalue weighted by Crippen LogP contribution is 2.24. The molecule has 10 rings (SSSR count). The minimum absolute atomic E-state index is 0.0643. The fourth-order valence-corrected chi connectivity index (χ4v) is 9.87. The summed E-state index contributed by atoms with van der Waals surface area (Å²) in [6.45, 7) is 6.34. The third kappa shape index (κ3) is 17.2. The van der Waals surface area contributed by atoms with E-state index < -0.39 is 64.1 Å². The predicted octanol–water partition coefficient (Wildman–Crippen LogP) is 7.13. The molecule has 3 aromatic carbocycles. The molecular formula is C62H56BrCl3N10O14. The van der Waals surface area contributed by atoms with Crippen molar-refractivity contribution in [3.63, 3.8) is 0 Å². The number of rotatable bonds is 15. The smallest absolute Gasteiger partial charge is 0.326 e. The van der Waals surface area contributed by atoms with Crippen molar-refractivity contribution in [2.75, 3.05) is 13.1 Å². The van der Waals surface area contributed by atoms with Crippen LogP contribution in [0.25, 0.3) is 33.1 Å². The van der Waals surface area contributed by atoms with Crippen LogP contribution >= 0.6 is 50.7 Å². The normalized spacial score (nSPS) is 12.4. The molecule has 0 bridgehead atoms. The van der Waals surface area contributed by atoms with E-state index in [0.717, 1.165) is 42.8 Å². The van der Waals surface area contributed by atoms with Crippen molar-refractivity contribution in [3.05, 3.63) is 212 Å². The van der Waals surface area contributed by atoms with E-state index in [1.807, 2.05) is 0 Å². The summed E-state index contributed by atoms with van der Waals surface area (Å²) in [5.74, 6) is -4.39. The number of hydrogen-bond acceptors (Lipinski definition) is 16. The lowest BCUT2D eigenvalue weighted by Gasteiger charge is -2.44. The van der Waals surface area contributed by atoms with Crippen molar-refractivity contribution in [1.29, 1.82) is 0 Å². The molecule has 0 unspecified atom stereocenters. The van der Waals surface area contributed by atoms with Crippen LogP contribution in [0.1, 0.15) is 75.5 Å². The Labute approximate surface area is 534 Å². The maximum Gasteiger partial charge on any atom is 0.326 e. The third-order valence-corrected chi connectivity index (χ3v) is 14.4. The molecule has 0 radical (unpaired) electrons. The number of hydrogen-bond donors (Lipinski definition) is 7. The first-order valence-corrected chi connectivity index (χ1v) is 29.1. The van der Waals surface area contributed by atoms with Crippen LogP contribution in [0, 0.1) is 0 Å². The SMILES string of the molecule is CC(C)(C)OC(=O)Cn1c(=O)c(C(=O)NCc2ccc(Cl)cc2)cc2cc(Br)cnc21.CC1(O)CN(C(=O)Cn2c(=O)c(C(=O)NCc3ccc(Cl)cc3)cc3cc(O)cnc32)C1.O=C(O)Cn1c(=O)c(C(=O)NCc2ccc(Cl)cc2)cc2cc(O)cnc21. The Morgan fingerprint density at radius 3 is 1.26 bits per heavy atom. The second kappa shape index (κ2) is 28.3. The monoisotopic (exact) mass is 1350 g/mol. The molecule has 0 spiro atoms. The Bertz CT molecular complexity index is 4450. The maximum absolute atomic E-state index is 13.1. The third-order valence-electron chi connectivity index (χ3n) is 13.3. The molecule has 0 atom stereocenters. The van der Waals surface area contributed by atoms with Gasteiger partial charge in [0, 0.05) is 61.5 Å². The average Bonchev–Trinajstić information content (AvgIpc) is 1.04. The number of aromatic hydroxyl groups is 2. The molecule has 7 heterocycles. The average molecular weight is 1350 g/mol. The van der Waals surface area contributed by atoms with Crippen molar-refractivity contribution >= 4 is 119 Å². The van der Waals surface area contributed by atoms with E-state index in [1.54, 1.807) is 107 Å². The van der Waals surface area contributed by atoms with E-state index in [9.17, 15) is 58.5 Å². The summed E-state index contributed by atoms with van der Waals surface area (Å²) in [7, 11) is 0. The van der Waals surface area contributed by atoms with Crippen molar-refractivity contribution in [2.45, 2.75) is 78.2 Å². The van der Waals surface area contributed by atoms with E-state index in [-0.39, 0.29) is 102 Å². The van der Waals surface area contributed by atoms with Gasteiger partial charge >= 0.3 is 11.9 Å². The van der Waals surface area contributed by atoms with E-state index in [2.05, 4.69) is 46.8 Å². The van der Waals surface area contributed by atoms with Gasteiger partial charge in [0.25, 0.3) is 34.4 Å². The summed E-state index contributed by atoms with van der Waals surface area (Å²) >= 11 is 20.9. The van der Waals surface area contributed by atoms with Gasteiger partial charge in [-0.2, -0.15) is 0 Å². The van der Waals surface area contributed by atoms with Crippen LogP contribution in [0.4, 0.5) is 0 Å². The quantitative estimate of drug-likeness (QED) is 0.0502. The maximum atomic E-state index is 13.1. The molecule has 1 fully saturated rings.